The maximum atomic E-state index is 11.7. The molecule has 0 spiro atoms. The third kappa shape index (κ3) is 2.14. The number of hydrogen-bond acceptors (Lipinski definition) is 4. The Morgan fingerprint density at radius 2 is 2.19 bits per heavy atom. The number of nitrogens with two attached hydrogens (primary N) is 1. The highest BCUT2D eigenvalue weighted by Crippen LogP contribution is 2.08. The van der Waals surface area contributed by atoms with Gasteiger partial charge >= 0.3 is 5.97 Å². The van der Waals surface area contributed by atoms with E-state index in [-0.39, 0.29) is 12.1 Å². The quantitative estimate of drug-likeness (QED) is 0.751. The first-order valence-electron chi connectivity index (χ1n) is 5.09. The van der Waals surface area contributed by atoms with Crippen LogP contribution >= 0.6 is 0 Å². The first kappa shape index (κ1) is 12.4. The van der Waals surface area contributed by atoms with Gasteiger partial charge in [-0.3, -0.25) is 4.79 Å². The molecule has 1 aromatic heterocycles. The van der Waals surface area contributed by atoms with Crippen molar-refractivity contribution in [3.05, 3.63) is 33.2 Å². The molecule has 0 atom stereocenters. The van der Waals surface area contributed by atoms with Gasteiger partial charge in [0.2, 0.25) is 0 Å². The smallest absolute Gasteiger partial charge is 0.339 e. The van der Waals surface area contributed by atoms with Crippen LogP contribution < -0.4 is 11.3 Å². The zero-order chi connectivity index (χ0) is 12.3. The molecular formula is C11H16N2O3. The maximum absolute atomic E-state index is 11.7. The first-order chi connectivity index (χ1) is 7.52. The fraction of sp³-hybridized carbons (Fsp3) is 0.455. The Morgan fingerprint density at radius 1 is 1.56 bits per heavy atom. The largest absolute Gasteiger partial charge is 0.462 e. The van der Waals surface area contributed by atoms with E-state index in [1.165, 1.54) is 10.6 Å². The number of aromatic nitrogens is 1. The van der Waals surface area contributed by atoms with Crippen molar-refractivity contribution in [2.45, 2.75) is 20.4 Å². The lowest BCUT2D eigenvalue weighted by molar-refractivity contribution is 0.0524. The number of carbonyl (C=O) groups excluding carboxylic acids is 1. The van der Waals surface area contributed by atoms with Crippen LogP contribution in [0.25, 0.3) is 0 Å². The molecule has 88 valence electrons. The Bertz CT molecular complexity index is 463. The number of hydrogen-bond donors (Lipinski definition) is 1. The maximum Gasteiger partial charge on any atom is 0.339 e. The second-order valence-corrected chi connectivity index (χ2v) is 3.46. The average Bonchev–Trinajstić information content (AvgIpc) is 2.27. The van der Waals surface area contributed by atoms with Gasteiger partial charge in [0.25, 0.3) is 5.56 Å². The van der Waals surface area contributed by atoms with E-state index in [4.69, 9.17) is 10.5 Å². The Hall–Kier alpha value is -1.62. The van der Waals surface area contributed by atoms with Gasteiger partial charge in [0.15, 0.2) is 0 Å². The van der Waals surface area contributed by atoms with E-state index in [2.05, 4.69) is 0 Å². The van der Waals surface area contributed by atoms with Crippen molar-refractivity contribution in [2.24, 2.45) is 12.8 Å². The molecule has 0 aliphatic carbocycles. The second kappa shape index (κ2) is 4.94. The van der Waals surface area contributed by atoms with E-state index in [1.54, 1.807) is 20.9 Å². The van der Waals surface area contributed by atoms with Crippen LogP contribution in [0.3, 0.4) is 0 Å². The van der Waals surface area contributed by atoms with Crippen LogP contribution in [0.15, 0.2) is 10.9 Å². The number of carbonyl (C=O) groups is 1. The summed E-state index contributed by atoms with van der Waals surface area (Å²) in [5, 5.41) is 0. The van der Waals surface area contributed by atoms with Gasteiger partial charge in [0.05, 0.1) is 12.2 Å². The van der Waals surface area contributed by atoms with E-state index < -0.39 is 5.97 Å². The van der Waals surface area contributed by atoms with Crippen LogP contribution in [0.4, 0.5) is 0 Å². The van der Waals surface area contributed by atoms with Crippen LogP contribution in [0.2, 0.25) is 0 Å². The van der Waals surface area contributed by atoms with Crippen molar-refractivity contribution in [1.82, 2.24) is 4.57 Å². The Labute approximate surface area is 93.8 Å². The number of ether oxygens (including phenoxy) is 1. The van der Waals surface area contributed by atoms with Crippen molar-refractivity contribution >= 4 is 5.97 Å². The Balaban J connectivity index is 3.35. The predicted octanol–water partition coefficient (Wildman–Crippen LogP) is 0.329. The molecule has 0 saturated carbocycles. The van der Waals surface area contributed by atoms with Gasteiger partial charge in [0.1, 0.15) is 0 Å². The molecule has 0 fully saturated rings. The first-order valence-corrected chi connectivity index (χ1v) is 5.09. The minimum absolute atomic E-state index is 0.110. The molecule has 0 unspecified atom stereocenters. The van der Waals surface area contributed by atoms with Gasteiger partial charge in [-0.2, -0.15) is 0 Å². The molecule has 5 nitrogen and oxygen atoms in total. The highest BCUT2D eigenvalue weighted by Gasteiger charge is 2.15. The molecule has 2 N–H and O–H groups in total. The molecule has 0 aromatic carbocycles. The molecule has 16 heavy (non-hydrogen) atoms. The summed E-state index contributed by atoms with van der Waals surface area (Å²) in [5.74, 6) is -0.426. The summed E-state index contributed by atoms with van der Waals surface area (Å²) in [6, 6.07) is 1.51. The molecule has 0 aliphatic rings. The molecule has 0 radical (unpaired) electrons. The Kier molecular flexibility index (Phi) is 3.84. The molecule has 1 heterocycles. The summed E-state index contributed by atoms with van der Waals surface area (Å²) in [4.78, 5) is 23.3. The monoisotopic (exact) mass is 224 g/mol. The van der Waals surface area contributed by atoms with Crippen LogP contribution in [-0.2, 0) is 18.3 Å². The fourth-order valence-corrected chi connectivity index (χ4v) is 1.45. The van der Waals surface area contributed by atoms with E-state index in [0.29, 0.717) is 23.4 Å². The van der Waals surface area contributed by atoms with E-state index >= 15 is 0 Å². The standard InChI is InChI=1S/C11H16N2O3/c1-4-16-11(15)9-5-8(6-12)10(14)13(3)7(9)2/h5H,4,6,12H2,1-3H3. The molecule has 0 amide bonds. The Morgan fingerprint density at radius 3 is 2.69 bits per heavy atom. The molecule has 0 aliphatic heterocycles. The van der Waals surface area contributed by atoms with Gasteiger partial charge in [-0.1, -0.05) is 0 Å². The molecule has 5 heteroatoms. The van der Waals surface area contributed by atoms with Gasteiger partial charge in [0, 0.05) is 24.8 Å². The van der Waals surface area contributed by atoms with E-state index in [1.807, 2.05) is 0 Å². The summed E-state index contributed by atoms with van der Waals surface area (Å²) in [6.07, 6.45) is 0. The highest BCUT2D eigenvalue weighted by atomic mass is 16.5. The normalized spacial score (nSPS) is 10.2. The lowest BCUT2D eigenvalue weighted by atomic mass is 10.1. The molecule has 0 saturated heterocycles. The lowest BCUT2D eigenvalue weighted by Gasteiger charge is -2.11. The third-order valence-corrected chi connectivity index (χ3v) is 2.51. The zero-order valence-electron chi connectivity index (χ0n) is 9.74. The van der Waals surface area contributed by atoms with Crippen molar-refractivity contribution in [3.63, 3.8) is 0 Å². The van der Waals surface area contributed by atoms with Crippen molar-refractivity contribution < 1.29 is 9.53 Å². The van der Waals surface area contributed by atoms with Gasteiger partial charge in [-0.25, -0.2) is 4.79 Å². The number of rotatable bonds is 3. The van der Waals surface area contributed by atoms with E-state index in [0.717, 1.165) is 0 Å². The SMILES string of the molecule is CCOC(=O)c1cc(CN)c(=O)n(C)c1C. The summed E-state index contributed by atoms with van der Waals surface area (Å²) >= 11 is 0. The van der Waals surface area contributed by atoms with Crippen LogP contribution in [-0.4, -0.2) is 17.1 Å². The van der Waals surface area contributed by atoms with Gasteiger partial charge < -0.3 is 15.0 Å². The topological polar surface area (TPSA) is 74.3 Å². The van der Waals surface area contributed by atoms with E-state index in [9.17, 15) is 9.59 Å². The van der Waals surface area contributed by atoms with Crippen LogP contribution in [0, 0.1) is 6.92 Å². The van der Waals surface area contributed by atoms with Crippen molar-refractivity contribution in [1.29, 1.82) is 0 Å². The average molecular weight is 224 g/mol. The van der Waals surface area contributed by atoms with Crippen molar-refractivity contribution in [2.75, 3.05) is 6.61 Å². The van der Waals surface area contributed by atoms with Gasteiger partial charge in [-0.05, 0) is 19.9 Å². The number of esters is 1. The number of nitrogens with zero attached hydrogens (tertiary/aromatic N) is 1. The predicted molar refractivity (Wildman–Crippen MR) is 60.3 cm³/mol. The summed E-state index contributed by atoms with van der Waals surface area (Å²) in [5.41, 5.74) is 6.66. The molecule has 1 aromatic rings. The lowest BCUT2D eigenvalue weighted by Crippen LogP contribution is -2.27. The summed E-state index contributed by atoms with van der Waals surface area (Å²) in [7, 11) is 1.61. The third-order valence-electron chi connectivity index (χ3n) is 2.51. The molecule has 1 rings (SSSR count). The van der Waals surface area contributed by atoms with Crippen molar-refractivity contribution in [3.8, 4) is 0 Å². The second-order valence-electron chi connectivity index (χ2n) is 3.46. The highest BCUT2D eigenvalue weighted by molar-refractivity contribution is 5.90. The molecular weight excluding hydrogens is 208 g/mol. The van der Waals surface area contributed by atoms with Crippen LogP contribution in [0.5, 0.6) is 0 Å². The van der Waals surface area contributed by atoms with Crippen LogP contribution in [0.1, 0.15) is 28.5 Å². The summed E-state index contributed by atoms with van der Waals surface area (Å²) < 4.78 is 6.32. The number of pyridine rings is 1. The fourth-order valence-electron chi connectivity index (χ4n) is 1.45. The zero-order valence-corrected chi connectivity index (χ0v) is 9.74. The summed E-state index contributed by atoms with van der Waals surface area (Å²) in [6.45, 7) is 3.85. The molecule has 0 bridgehead atoms. The minimum atomic E-state index is -0.426. The minimum Gasteiger partial charge on any atom is -0.462 e. The van der Waals surface area contributed by atoms with Gasteiger partial charge in [-0.15, -0.1) is 0 Å².